The summed E-state index contributed by atoms with van der Waals surface area (Å²) in [4.78, 5) is 0. The summed E-state index contributed by atoms with van der Waals surface area (Å²) in [6.07, 6.45) is 13.8. The first-order valence-electron chi connectivity index (χ1n) is 9.10. The van der Waals surface area contributed by atoms with E-state index >= 15 is 0 Å². The van der Waals surface area contributed by atoms with Gasteiger partial charge in [-0.25, -0.2) is 0 Å². The molecule has 0 N–H and O–H groups in total. The van der Waals surface area contributed by atoms with Gasteiger partial charge in [0.15, 0.2) is 0 Å². The summed E-state index contributed by atoms with van der Waals surface area (Å²) < 4.78 is 0. The van der Waals surface area contributed by atoms with Gasteiger partial charge in [0.1, 0.15) is 0 Å². The molecule has 2 rings (SSSR count). The molecule has 0 radical (unpaired) electrons. The zero-order valence-corrected chi connectivity index (χ0v) is 15.3. The number of rotatable bonds is 8. The summed E-state index contributed by atoms with van der Waals surface area (Å²) in [5.41, 5.74) is 5.73. The summed E-state index contributed by atoms with van der Waals surface area (Å²) in [7, 11) is 0. The van der Waals surface area contributed by atoms with Gasteiger partial charge in [0.05, 0.1) is 0 Å². The molecule has 0 aliphatic heterocycles. The molecule has 0 nitrogen and oxygen atoms in total. The highest BCUT2D eigenvalue weighted by Gasteiger charge is 2.08. The highest BCUT2D eigenvalue weighted by atomic mass is 14.1. The second-order valence-electron chi connectivity index (χ2n) is 6.51. The molecule has 0 heterocycles. The van der Waals surface area contributed by atoms with Crippen LogP contribution in [0.3, 0.4) is 0 Å². The minimum absolute atomic E-state index is 0.487. The Bertz CT molecular complexity index is 676. The average Bonchev–Trinajstić information content (AvgIpc) is 2.59. The Labute approximate surface area is 147 Å². The maximum Gasteiger partial charge on any atom is 0.00550 e. The Morgan fingerprint density at radius 2 is 1.58 bits per heavy atom. The van der Waals surface area contributed by atoms with Crippen molar-refractivity contribution < 1.29 is 0 Å². The normalized spacial score (nSPS) is 13.0. The highest BCUT2D eigenvalue weighted by Crippen LogP contribution is 2.25. The van der Waals surface area contributed by atoms with Crippen molar-refractivity contribution in [2.45, 2.75) is 52.4 Å². The summed E-state index contributed by atoms with van der Waals surface area (Å²) in [5.74, 6) is 0.487. The van der Waals surface area contributed by atoms with Crippen LogP contribution in [0.2, 0.25) is 0 Å². The molecule has 2 aromatic carbocycles. The number of hydrogen-bond donors (Lipinski definition) is 0. The molecule has 24 heavy (non-hydrogen) atoms. The fraction of sp³-hybridized carbons (Fsp3) is 0.333. The van der Waals surface area contributed by atoms with E-state index in [1.165, 1.54) is 35.1 Å². The van der Waals surface area contributed by atoms with Crippen molar-refractivity contribution in [1.82, 2.24) is 0 Å². The van der Waals surface area contributed by atoms with Gasteiger partial charge in [0, 0.05) is 5.92 Å². The Balaban J connectivity index is 1.93. The van der Waals surface area contributed by atoms with Gasteiger partial charge in [0.2, 0.25) is 0 Å². The first-order chi connectivity index (χ1) is 11.7. The number of allylic oxidation sites excluding steroid dienone is 4. The molecule has 0 saturated carbocycles. The number of benzene rings is 2. The molecule has 0 aliphatic rings. The third kappa shape index (κ3) is 5.53. The van der Waals surface area contributed by atoms with Crippen molar-refractivity contribution in [3.05, 3.63) is 95.1 Å². The first kappa shape index (κ1) is 18.3. The topological polar surface area (TPSA) is 0 Å². The molecule has 2 aromatic rings. The Morgan fingerprint density at radius 3 is 2.29 bits per heavy atom. The van der Waals surface area contributed by atoms with E-state index in [1.54, 1.807) is 0 Å². The van der Waals surface area contributed by atoms with Gasteiger partial charge < -0.3 is 0 Å². The Kier molecular flexibility index (Phi) is 7.55. The van der Waals surface area contributed by atoms with E-state index < -0.39 is 0 Å². The number of hydrogen-bond acceptors (Lipinski definition) is 0. The molecule has 1 atom stereocenters. The van der Waals surface area contributed by atoms with Crippen molar-refractivity contribution in [3.8, 4) is 0 Å². The second kappa shape index (κ2) is 9.93. The predicted molar refractivity (Wildman–Crippen MR) is 107 cm³/mol. The molecule has 0 heteroatoms. The van der Waals surface area contributed by atoms with Crippen LogP contribution in [-0.4, -0.2) is 0 Å². The van der Waals surface area contributed by atoms with Crippen molar-refractivity contribution in [3.63, 3.8) is 0 Å². The predicted octanol–water partition coefficient (Wildman–Crippen LogP) is 6.93. The lowest BCUT2D eigenvalue weighted by atomic mass is 9.91. The zero-order valence-electron chi connectivity index (χ0n) is 15.3. The summed E-state index contributed by atoms with van der Waals surface area (Å²) in [6.45, 7) is 6.52. The Morgan fingerprint density at radius 1 is 0.875 bits per heavy atom. The molecular formula is C24H30. The molecule has 0 amide bonds. The van der Waals surface area contributed by atoms with Crippen LogP contribution >= 0.6 is 0 Å². The lowest BCUT2D eigenvalue weighted by Crippen LogP contribution is -1.97. The van der Waals surface area contributed by atoms with Gasteiger partial charge in [-0.2, -0.15) is 0 Å². The first-order valence-corrected chi connectivity index (χ1v) is 9.10. The second-order valence-corrected chi connectivity index (χ2v) is 6.51. The maximum atomic E-state index is 2.40. The fourth-order valence-electron chi connectivity index (χ4n) is 3.16. The molecular weight excluding hydrogens is 288 g/mol. The largest absolute Gasteiger partial charge is 0.0916 e. The van der Waals surface area contributed by atoms with Gasteiger partial charge in [-0.3, -0.25) is 0 Å². The molecule has 0 spiro atoms. The highest BCUT2D eigenvalue weighted by molar-refractivity contribution is 5.32. The SMILES string of the molecule is CC=CCC(C=CCCCc1ccccc1C)c1ccccc1C. The van der Waals surface area contributed by atoms with E-state index in [2.05, 4.69) is 93.6 Å². The van der Waals surface area contributed by atoms with Gasteiger partial charge >= 0.3 is 0 Å². The van der Waals surface area contributed by atoms with Crippen LogP contribution in [0.5, 0.6) is 0 Å². The van der Waals surface area contributed by atoms with Crippen molar-refractivity contribution in [2.75, 3.05) is 0 Å². The van der Waals surface area contributed by atoms with E-state index in [-0.39, 0.29) is 0 Å². The van der Waals surface area contributed by atoms with E-state index in [1.807, 2.05) is 0 Å². The fourth-order valence-corrected chi connectivity index (χ4v) is 3.16. The molecule has 0 aromatic heterocycles. The van der Waals surface area contributed by atoms with Crippen LogP contribution < -0.4 is 0 Å². The maximum absolute atomic E-state index is 2.40. The quantitative estimate of drug-likeness (QED) is 0.365. The molecule has 0 saturated heterocycles. The third-order valence-electron chi connectivity index (χ3n) is 4.66. The van der Waals surface area contributed by atoms with Gasteiger partial charge in [0.25, 0.3) is 0 Å². The summed E-state index contributed by atoms with van der Waals surface area (Å²) >= 11 is 0. The standard InChI is InChI=1S/C24H30/c1-4-5-15-23(24-19-12-10-14-21(24)3)18-8-6-7-16-22-17-11-9-13-20(22)2/h4-5,8-14,17-19,23H,6-7,15-16H2,1-3H3. The molecule has 0 fully saturated rings. The third-order valence-corrected chi connectivity index (χ3v) is 4.66. The van der Waals surface area contributed by atoms with E-state index in [9.17, 15) is 0 Å². The van der Waals surface area contributed by atoms with Crippen LogP contribution in [0.25, 0.3) is 0 Å². The lowest BCUT2D eigenvalue weighted by Gasteiger charge is -2.14. The minimum Gasteiger partial charge on any atom is -0.0916 e. The number of unbranched alkanes of at least 4 members (excludes halogenated alkanes) is 1. The van der Waals surface area contributed by atoms with Crippen LogP contribution in [0.4, 0.5) is 0 Å². The van der Waals surface area contributed by atoms with E-state index in [4.69, 9.17) is 0 Å². The van der Waals surface area contributed by atoms with Crippen LogP contribution in [0.1, 0.15) is 54.4 Å². The lowest BCUT2D eigenvalue weighted by molar-refractivity contribution is 0.813. The average molecular weight is 319 g/mol. The molecule has 1 unspecified atom stereocenters. The van der Waals surface area contributed by atoms with Gasteiger partial charge in [-0.15, -0.1) is 0 Å². The zero-order chi connectivity index (χ0) is 17.2. The van der Waals surface area contributed by atoms with Crippen molar-refractivity contribution in [1.29, 1.82) is 0 Å². The van der Waals surface area contributed by atoms with Crippen LogP contribution in [0.15, 0.2) is 72.8 Å². The molecule has 126 valence electrons. The summed E-state index contributed by atoms with van der Waals surface area (Å²) in [6, 6.07) is 17.5. The van der Waals surface area contributed by atoms with E-state index in [0.29, 0.717) is 5.92 Å². The van der Waals surface area contributed by atoms with Gasteiger partial charge in [-0.05, 0) is 68.7 Å². The van der Waals surface area contributed by atoms with Gasteiger partial charge in [-0.1, -0.05) is 72.8 Å². The van der Waals surface area contributed by atoms with Crippen LogP contribution in [-0.2, 0) is 6.42 Å². The monoisotopic (exact) mass is 318 g/mol. The summed E-state index contributed by atoms with van der Waals surface area (Å²) in [5, 5.41) is 0. The molecule has 0 bridgehead atoms. The molecule has 0 aliphatic carbocycles. The van der Waals surface area contributed by atoms with Crippen LogP contribution in [0, 0.1) is 13.8 Å². The van der Waals surface area contributed by atoms with E-state index in [0.717, 1.165) is 12.8 Å². The minimum atomic E-state index is 0.487. The Hall–Kier alpha value is -2.08. The number of aryl methyl sites for hydroxylation is 3. The van der Waals surface area contributed by atoms with Crippen molar-refractivity contribution in [2.24, 2.45) is 0 Å². The smallest absolute Gasteiger partial charge is 0.00550 e. The van der Waals surface area contributed by atoms with Crippen molar-refractivity contribution >= 4 is 0 Å².